The fraction of sp³-hybridized carbons (Fsp3) is 0.308. The second-order valence-corrected chi connectivity index (χ2v) is 8.25. The fourth-order valence-corrected chi connectivity index (χ4v) is 4.32. The minimum absolute atomic E-state index is 0.365. The van der Waals surface area contributed by atoms with Crippen molar-refractivity contribution in [3.8, 4) is 16.8 Å². The zero-order valence-corrected chi connectivity index (χ0v) is 18.1. The summed E-state index contributed by atoms with van der Waals surface area (Å²) in [6.45, 7) is 5.89. The van der Waals surface area contributed by atoms with E-state index in [0.29, 0.717) is 6.04 Å². The summed E-state index contributed by atoms with van der Waals surface area (Å²) in [7, 11) is 0. The third kappa shape index (κ3) is 3.93. The van der Waals surface area contributed by atoms with Gasteiger partial charge in [0.25, 0.3) is 0 Å². The number of fused-ring (bicyclic) bond motifs is 1. The standard InChI is InChI=1S/C26H28N4O/c1-3-19-7-9-20(10-8-19)23-16-30(22-6-4-5-18(2)15-22)26-24(23)25(27-17-28-26)29-21-11-13-31-14-12-21/h4-10,15-17,21H,3,11-14H2,1-2H3,(H,27,28,29). The number of ether oxygens (including phenoxy) is 1. The predicted molar refractivity (Wildman–Crippen MR) is 126 cm³/mol. The molecule has 4 aromatic rings. The van der Waals surface area contributed by atoms with Gasteiger partial charge in [0.1, 0.15) is 12.1 Å². The lowest BCUT2D eigenvalue weighted by atomic mass is 10.0. The zero-order valence-electron chi connectivity index (χ0n) is 18.1. The Morgan fingerprint density at radius 3 is 2.61 bits per heavy atom. The van der Waals surface area contributed by atoms with Gasteiger partial charge in [-0.2, -0.15) is 0 Å². The molecule has 0 aliphatic carbocycles. The highest BCUT2D eigenvalue weighted by Crippen LogP contribution is 2.36. The van der Waals surface area contributed by atoms with E-state index in [-0.39, 0.29) is 0 Å². The lowest BCUT2D eigenvalue weighted by Gasteiger charge is -2.24. The summed E-state index contributed by atoms with van der Waals surface area (Å²) in [5.74, 6) is 0.901. The smallest absolute Gasteiger partial charge is 0.150 e. The molecular formula is C26H28N4O. The molecule has 5 heteroatoms. The summed E-state index contributed by atoms with van der Waals surface area (Å²) < 4.78 is 7.72. The number of nitrogens with one attached hydrogen (secondary N) is 1. The molecule has 3 heterocycles. The third-order valence-electron chi connectivity index (χ3n) is 6.10. The molecule has 31 heavy (non-hydrogen) atoms. The first kappa shape index (κ1) is 19.8. The normalized spacial score (nSPS) is 14.8. The maximum absolute atomic E-state index is 5.54. The highest BCUT2D eigenvalue weighted by atomic mass is 16.5. The van der Waals surface area contributed by atoms with Gasteiger partial charge in [-0.05, 0) is 55.0 Å². The van der Waals surface area contributed by atoms with Crippen molar-refractivity contribution in [2.75, 3.05) is 18.5 Å². The molecular weight excluding hydrogens is 384 g/mol. The van der Waals surface area contributed by atoms with E-state index in [1.807, 2.05) is 0 Å². The average Bonchev–Trinajstić information content (AvgIpc) is 3.21. The monoisotopic (exact) mass is 412 g/mol. The van der Waals surface area contributed by atoms with Gasteiger partial charge >= 0.3 is 0 Å². The van der Waals surface area contributed by atoms with Crippen molar-refractivity contribution in [3.63, 3.8) is 0 Å². The fourth-order valence-electron chi connectivity index (χ4n) is 4.32. The van der Waals surface area contributed by atoms with E-state index in [1.165, 1.54) is 16.7 Å². The molecule has 0 bridgehead atoms. The molecule has 1 saturated heterocycles. The van der Waals surface area contributed by atoms with Crippen molar-refractivity contribution in [2.24, 2.45) is 0 Å². The third-order valence-corrected chi connectivity index (χ3v) is 6.10. The number of aryl methyl sites for hydroxylation is 2. The van der Waals surface area contributed by atoms with Crippen LogP contribution < -0.4 is 5.32 Å². The average molecular weight is 413 g/mol. The van der Waals surface area contributed by atoms with E-state index in [2.05, 4.69) is 83.4 Å². The lowest BCUT2D eigenvalue weighted by Crippen LogP contribution is -2.28. The molecule has 2 aromatic heterocycles. The molecule has 1 aliphatic rings. The molecule has 2 aromatic carbocycles. The van der Waals surface area contributed by atoms with Gasteiger partial charge in [-0.3, -0.25) is 0 Å². The van der Waals surface area contributed by atoms with Crippen LogP contribution >= 0.6 is 0 Å². The van der Waals surface area contributed by atoms with Crippen LogP contribution in [0.3, 0.4) is 0 Å². The zero-order chi connectivity index (χ0) is 21.2. The number of anilines is 1. The van der Waals surface area contributed by atoms with Crippen molar-refractivity contribution >= 4 is 16.9 Å². The minimum atomic E-state index is 0.365. The molecule has 1 fully saturated rings. The van der Waals surface area contributed by atoms with Crippen LogP contribution in [0.25, 0.3) is 27.8 Å². The molecule has 1 aliphatic heterocycles. The summed E-state index contributed by atoms with van der Waals surface area (Å²) in [4.78, 5) is 9.38. The first-order valence-corrected chi connectivity index (χ1v) is 11.1. The van der Waals surface area contributed by atoms with Gasteiger partial charge in [-0.15, -0.1) is 0 Å². The summed E-state index contributed by atoms with van der Waals surface area (Å²) in [6, 6.07) is 17.7. The van der Waals surface area contributed by atoms with E-state index in [9.17, 15) is 0 Å². The number of rotatable bonds is 5. The molecule has 1 N–H and O–H groups in total. The molecule has 0 atom stereocenters. The maximum Gasteiger partial charge on any atom is 0.150 e. The molecule has 0 saturated carbocycles. The largest absolute Gasteiger partial charge is 0.381 e. The van der Waals surface area contributed by atoms with Gasteiger partial charge in [0.2, 0.25) is 0 Å². The first-order valence-electron chi connectivity index (χ1n) is 11.1. The highest BCUT2D eigenvalue weighted by molar-refractivity contribution is 6.02. The van der Waals surface area contributed by atoms with Crippen LogP contribution in [0.1, 0.15) is 30.9 Å². The van der Waals surface area contributed by atoms with E-state index in [4.69, 9.17) is 9.72 Å². The molecule has 0 radical (unpaired) electrons. The van der Waals surface area contributed by atoms with Gasteiger partial charge < -0.3 is 14.6 Å². The Morgan fingerprint density at radius 2 is 1.87 bits per heavy atom. The quantitative estimate of drug-likeness (QED) is 0.467. The Bertz CT molecular complexity index is 1190. The van der Waals surface area contributed by atoms with Gasteiger partial charge in [0.15, 0.2) is 5.65 Å². The van der Waals surface area contributed by atoms with Crippen molar-refractivity contribution in [1.82, 2.24) is 14.5 Å². The van der Waals surface area contributed by atoms with Crippen molar-refractivity contribution < 1.29 is 4.74 Å². The van der Waals surface area contributed by atoms with Crippen LogP contribution in [-0.4, -0.2) is 33.8 Å². The lowest BCUT2D eigenvalue weighted by molar-refractivity contribution is 0.0904. The molecule has 5 rings (SSSR count). The Kier molecular flexibility index (Phi) is 5.43. The maximum atomic E-state index is 5.54. The van der Waals surface area contributed by atoms with Gasteiger partial charge in [0.05, 0.1) is 5.39 Å². The second kappa shape index (κ2) is 8.52. The predicted octanol–water partition coefficient (Wildman–Crippen LogP) is 5.55. The molecule has 0 amide bonds. The number of nitrogens with zero attached hydrogens (tertiary/aromatic N) is 3. The van der Waals surface area contributed by atoms with Crippen molar-refractivity contribution in [1.29, 1.82) is 0 Å². The Balaban J connectivity index is 1.68. The molecule has 0 spiro atoms. The molecule has 0 unspecified atom stereocenters. The second-order valence-electron chi connectivity index (χ2n) is 8.25. The van der Waals surface area contributed by atoms with Gasteiger partial charge in [-0.1, -0.05) is 43.3 Å². The number of benzene rings is 2. The van der Waals surface area contributed by atoms with Gasteiger partial charge in [-0.25, -0.2) is 9.97 Å². The van der Waals surface area contributed by atoms with E-state index >= 15 is 0 Å². The van der Waals surface area contributed by atoms with Crippen LogP contribution in [-0.2, 0) is 11.2 Å². The van der Waals surface area contributed by atoms with Crippen molar-refractivity contribution in [2.45, 2.75) is 39.2 Å². The van der Waals surface area contributed by atoms with Crippen LogP contribution in [0.2, 0.25) is 0 Å². The Morgan fingerprint density at radius 1 is 1.06 bits per heavy atom. The van der Waals surface area contributed by atoms with E-state index in [0.717, 1.165) is 60.6 Å². The summed E-state index contributed by atoms with van der Waals surface area (Å²) in [5.41, 5.74) is 6.92. The van der Waals surface area contributed by atoms with Crippen LogP contribution in [0.15, 0.2) is 61.1 Å². The van der Waals surface area contributed by atoms with Crippen LogP contribution in [0.5, 0.6) is 0 Å². The Hall–Kier alpha value is -3.18. The first-order chi connectivity index (χ1) is 15.2. The van der Waals surface area contributed by atoms with Gasteiger partial charge in [0, 0.05) is 36.7 Å². The highest BCUT2D eigenvalue weighted by Gasteiger charge is 2.20. The van der Waals surface area contributed by atoms with Crippen molar-refractivity contribution in [3.05, 3.63) is 72.2 Å². The van der Waals surface area contributed by atoms with E-state index in [1.54, 1.807) is 6.33 Å². The van der Waals surface area contributed by atoms with Crippen LogP contribution in [0.4, 0.5) is 5.82 Å². The summed E-state index contributed by atoms with van der Waals surface area (Å²) in [6.07, 6.45) is 6.88. The topological polar surface area (TPSA) is 52.0 Å². The summed E-state index contributed by atoms with van der Waals surface area (Å²) in [5, 5.41) is 4.76. The number of hydrogen-bond donors (Lipinski definition) is 1. The summed E-state index contributed by atoms with van der Waals surface area (Å²) >= 11 is 0. The van der Waals surface area contributed by atoms with Crippen LogP contribution in [0, 0.1) is 6.92 Å². The molecule has 158 valence electrons. The Labute approximate surface area is 183 Å². The number of hydrogen-bond acceptors (Lipinski definition) is 4. The molecule has 5 nitrogen and oxygen atoms in total. The number of aromatic nitrogens is 3. The minimum Gasteiger partial charge on any atom is -0.381 e. The SMILES string of the molecule is CCc1ccc(-c2cn(-c3cccc(C)c3)c3ncnc(NC4CCOCC4)c23)cc1. The van der Waals surface area contributed by atoms with E-state index < -0.39 is 0 Å².